The van der Waals surface area contributed by atoms with E-state index >= 15 is 0 Å². The largest absolute Gasteiger partial charge is 0.478 e. The van der Waals surface area contributed by atoms with Crippen LogP contribution in [0.1, 0.15) is 33.6 Å². The lowest BCUT2D eigenvalue weighted by Crippen LogP contribution is -2.02. The van der Waals surface area contributed by atoms with Crippen LogP contribution in [-0.4, -0.2) is 21.0 Å². The molecule has 0 amide bonds. The van der Waals surface area contributed by atoms with Crippen molar-refractivity contribution in [3.8, 4) is 11.6 Å². The Balaban J connectivity index is 1.99. The van der Waals surface area contributed by atoms with E-state index in [9.17, 15) is 4.79 Å². The third-order valence-electron chi connectivity index (χ3n) is 3.56. The van der Waals surface area contributed by atoms with Crippen molar-refractivity contribution >= 4 is 5.97 Å². The quantitative estimate of drug-likeness (QED) is 0.928. The minimum absolute atomic E-state index is 0.244. The lowest BCUT2D eigenvalue weighted by Gasteiger charge is -2.12. The van der Waals surface area contributed by atoms with Crippen LogP contribution in [0, 0.1) is 6.92 Å². The maximum Gasteiger partial charge on any atom is 0.336 e. The molecule has 5 heteroatoms. The van der Waals surface area contributed by atoms with Crippen molar-refractivity contribution < 1.29 is 14.6 Å². The van der Waals surface area contributed by atoms with Crippen molar-refractivity contribution in [1.82, 2.24) is 9.97 Å². The maximum atomic E-state index is 11.1. The van der Waals surface area contributed by atoms with E-state index in [1.807, 2.05) is 0 Å². The Kier molecular flexibility index (Phi) is 3.10. The molecule has 102 valence electrons. The van der Waals surface area contributed by atoms with Gasteiger partial charge in [-0.3, -0.25) is 0 Å². The van der Waals surface area contributed by atoms with Gasteiger partial charge in [0.2, 0.25) is 5.88 Å². The van der Waals surface area contributed by atoms with Gasteiger partial charge in [0.1, 0.15) is 12.1 Å². The summed E-state index contributed by atoms with van der Waals surface area (Å²) in [5.41, 5.74) is 2.91. The van der Waals surface area contributed by atoms with Gasteiger partial charge in [-0.05, 0) is 38.3 Å². The number of rotatable bonds is 3. The van der Waals surface area contributed by atoms with E-state index in [2.05, 4.69) is 9.97 Å². The molecule has 0 atom stereocenters. The van der Waals surface area contributed by atoms with Crippen molar-refractivity contribution in [2.45, 2.75) is 26.2 Å². The lowest BCUT2D eigenvalue weighted by atomic mass is 10.1. The number of fused-ring (bicyclic) bond motifs is 1. The Morgan fingerprint density at radius 3 is 2.95 bits per heavy atom. The smallest absolute Gasteiger partial charge is 0.336 e. The number of carboxylic acid groups (broad SMARTS) is 1. The van der Waals surface area contributed by atoms with Crippen LogP contribution in [0.3, 0.4) is 0 Å². The molecular formula is C15H14N2O3. The van der Waals surface area contributed by atoms with Crippen molar-refractivity contribution in [1.29, 1.82) is 0 Å². The first-order valence-corrected chi connectivity index (χ1v) is 6.50. The van der Waals surface area contributed by atoms with E-state index in [-0.39, 0.29) is 5.56 Å². The molecule has 1 aromatic carbocycles. The van der Waals surface area contributed by atoms with Gasteiger partial charge in [0.25, 0.3) is 0 Å². The topological polar surface area (TPSA) is 72.3 Å². The summed E-state index contributed by atoms with van der Waals surface area (Å²) in [5, 5.41) is 9.13. The summed E-state index contributed by atoms with van der Waals surface area (Å²) in [6.45, 7) is 1.74. The zero-order chi connectivity index (χ0) is 14.1. The van der Waals surface area contributed by atoms with Crippen LogP contribution >= 0.6 is 0 Å². The number of carboxylic acids is 1. The third kappa shape index (κ3) is 2.11. The highest BCUT2D eigenvalue weighted by atomic mass is 16.5. The molecular weight excluding hydrogens is 256 g/mol. The van der Waals surface area contributed by atoms with E-state index in [1.54, 1.807) is 25.1 Å². The zero-order valence-electron chi connectivity index (χ0n) is 11.1. The predicted octanol–water partition coefficient (Wildman–Crippen LogP) is 2.76. The standard InChI is InChI=1S/C15H14N2O3/c1-9-10(15(18)19)4-3-7-13(9)20-14-11-5-2-6-12(11)16-8-17-14/h3-4,7-8H,2,5-6H2,1H3,(H,18,19). The molecule has 0 bridgehead atoms. The third-order valence-corrected chi connectivity index (χ3v) is 3.56. The van der Waals surface area contributed by atoms with Gasteiger partial charge in [0.15, 0.2) is 0 Å². The Morgan fingerprint density at radius 1 is 1.30 bits per heavy atom. The maximum absolute atomic E-state index is 11.1. The molecule has 1 N–H and O–H groups in total. The van der Waals surface area contributed by atoms with E-state index in [0.717, 1.165) is 30.5 Å². The minimum atomic E-state index is -0.958. The van der Waals surface area contributed by atoms with Gasteiger partial charge >= 0.3 is 5.97 Å². The molecule has 1 aliphatic rings. The number of ether oxygens (including phenoxy) is 1. The number of aromatic nitrogens is 2. The van der Waals surface area contributed by atoms with Crippen LogP contribution in [0.4, 0.5) is 0 Å². The fraction of sp³-hybridized carbons (Fsp3) is 0.267. The first-order chi connectivity index (χ1) is 9.66. The summed E-state index contributed by atoms with van der Waals surface area (Å²) in [6.07, 6.45) is 4.40. The molecule has 3 rings (SSSR count). The van der Waals surface area contributed by atoms with E-state index in [0.29, 0.717) is 17.2 Å². The number of hydrogen-bond donors (Lipinski definition) is 1. The fourth-order valence-corrected chi connectivity index (χ4v) is 2.48. The highest BCUT2D eigenvalue weighted by Crippen LogP contribution is 2.32. The summed E-state index contributed by atoms with van der Waals surface area (Å²) in [7, 11) is 0. The summed E-state index contributed by atoms with van der Waals surface area (Å²) >= 11 is 0. The predicted molar refractivity (Wildman–Crippen MR) is 72.3 cm³/mol. The highest BCUT2D eigenvalue weighted by molar-refractivity contribution is 5.90. The summed E-state index contributed by atoms with van der Waals surface area (Å²) < 4.78 is 5.83. The Morgan fingerprint density at radius 2 is 2.15 bits per heavy atom. The normalized spacial score (nSPS) is 13.1. The molecule has 0 fully saturated rings. The number of nitrogens with zero attached hydrogens (tertiary/aromatic N) is 2. The van der Waals surface area contributed by atoms with Gasteiger partial charge in [-0.1, -0.05) is 6.07 Å². The molecule has 0 aliphatic heterocycles. The number of carbonyl (C=O) groups is 1. The molecule has 0 saturated heterocycles. The van der Waals surface area contributed by atoms with Crippen LogP contribution in [0.15, 0.2) is 24.5 Å². The average molecular weight is 270 g/mol. The Labute approximate surface area is 116 Å². The molecule has 1 aliphatic carbocycles. The van der Waals surface area contributed by atoms with Gasteiger partial charge in [0, 0.05) is 11.1 Å². The molecule has 0 saturated carbocycles. The number of aryl methyl sites for hydroxylation is 1. The molecule has 2 aromatic rings. The van der Waals surface area contributed by atoms with Gasteiger partial charge in [-0.25, -0.2) is 14.8 Å². The molecule has 1 aromatic heterocycles. The highest BCUT2D eigenvalue weighted by Gasteiger charge is 2.19. The van der Waals surface area contributed by atoms with Gasteiger partial charge in [-0.2, -0.15) is 0 Å². The Bertz CT molecular complexity index is 683. The average Bonchev–Trinajstić information content (AvgIpc) is 2.90. The molecule has 0 spiro atoms. The Hall–Kier alpha value is -2.43. The summed E-state index contributed by atoms with van der Waals surface area (Å²) in [4.78, 5) is 19.6. The van der Waals surface area contributed by atoms with E-state index < -0.39 is 5.97 Å². The SMILES string of the molecule is Cc1c(Oc2ncnc3c2CCC3)cccc1C(=O)O. The minimum Gasteiger partial charge on any atom is -0.478 e. The second kappa shape index (κ2) is 4.92. The number of aromatic carboxylic acids is 1. The van der Waals surface area contributed by atoms with Crippen molar-refractivity contribution in [3.63, 3.8) is 0 Å². The van der Waals surface area contributed by atoms with Gasteiger partial charge < -0.3 is 9.84 Å². The van der Waals surface area contributed by atoms with Crippen LogP contribution in [-0.2, 0) is 12.8 Å². The first kappa shape index (κ1) is 12.6. The molecule has 0 radical (unpaired) electrons. The van der Waals surface area contributed by atoms with Crippen molar-refractivity contribution in [3.05, 3.63) is 46.9 Å². The number of benzene rings is 1. The van der Waals surface area contributed by atoms with Crippen LogP contribution in [0.25, 0.3) is 0 Å². The molecule has 20 heavy (non-hydrogen) atoms. The monoisotopic (exact) mass is 270 g/mol. The molecule has 1 heterocycles. The van der Waals surface area contributed by atoms with Crippen molar-refractivity contribution in [2.75, 3.05) is 0 Å². The molecule has 5 nitrogen and oxygen atoms in total. The second-order valence-corrected chi connectivity index (χ2v) is 4.79. The molecule has 0 unspecified atom stereocenters. The van der Waals surface area contributed by atoms with Crippen LogP contribution in [0.5, 0.6) is 11.6 Å². The van der Waals surface area contributed by atoms with E-state index in [1.165, 1.54) is 6.33 Å². The van der Waals surface area contributed by atoms with Gasteiger partial charge in [0.05, 0.1) is 11.3 Å². The van der Waals surface area contributed by atoms with Gasteiger partial charge in [-0.15, -0.1) is 0 Å². The van der Waals surface area contributed by atoms with Crippen LogP contribution < -0.4 is 4.74 Å². The van der Waals surface area contributed by atoms with Crippen molar-refractivity contribution in [2.24, 2.45) is 0 Å². The summed E-state index contributed by atoms with van der Waals surface area (Å²) in [5.74, 6) is 0.108. The first-order valence-electron chi connectivity index (χ1n) is 6.50. The fourth-order valence-electron chi connectivity index (χ4n) is 2.48. The van der Waals surface area contributed by atoms with Crippen LogP contribution in [0.2, 0.25) is 0 Å². The summed E-state index contributed by atoms with van der Waals surface area (Å²) in [6, 6.07) is 4.99. The second-order valence-electron chi connectivity index (χ2n) is 4.79. The zero-order valence-corrected chi connectivity index (χ0v) is 11.1. The lowest BCUT2D eigenvalue weighted by molar-refractivity contribution is 0.0695. The number of hydrogen-bond acceptors (Lipinski definition) is 4. The van der Waals surface area contributed by atoms with E-state index in [4.69, 9.17) is 9.84 Å².